The molecule has 2 heterocycles. The highest BCUT2D eigenvalue weighted by Gasteiger charge is 2.36. The fourth-order valence-electron chi connectivity index (χ4n) is 2.08. The number of aromatic nitrogens is 4. The van der Waals surface area contributed by atoms with Crippen molar-refractivity contribution in [2.75, 3.05) is 5.73 Å². The van der Waals surface area contributed by atoms with Crippen LogP contribution in [-0.4, -0.2) is 41.9 Å². The zero-order valence-electron chi connectivity index (χ0n) is 9.10. The third-order valence-electron chi connectivity index (χ3n) is 2.97. The van der Waals surface area contributed by atoms with E-state index in [0.29, 0.717) is 17.0 Å². The second-order valence-corrected chi connectivity index (χ2v) is 5.31. The van der Waals surface area contributed by atoms with Gasteiger partial charge in [-0.2, -0.15) is 0 Å². The van der Waals surface area contributed by atoms with E-state index >= 15 is 0 Å². The molecule has 4 N–H and O–H groups in total. The van der Waals surface area contributed by atoms with Crippen LogP contribution in [0.3, 0.4) is 0 Å². The van der Waals surface area contributed by atoms with E-state index in [9.17, 15) is 10.2 Å². The first-order valence-electron chi connectivity index (χ1n) is 5.26. The van der Waals surface area contributed by atoms with Gasteiger partial charge >= 0.3 is 0 Å². The highest BCUT2D eigenvalue weighted by atomic mass is 127. The molecule has 94 valence electrons. The van der Waals surface area contributed by atoms with Crippen molar-refractivity contribution >= 4 is 39.6 Å². The van der Waals surface area contributed by atoms with Gasteiger partial charge in [0.05, 0.1) is 12.4 Å². The van der Waals surface area contributed by atoms with Gasteiger partial charge in [0.2, 0.25) is 0 Å². The molecule has 3 rings (SSSR count). The first kappa shape index (κ1) is 11.8. The van der Waals surface area contributed by atoms with Gasteiger partial charge in [-0.1, -0.05) is 0 Å². The molecular weight excluding hydrogens is 349 g/mol. The number of nitrogen functional groups attached to an aromatic ring is 1. The number of imidazole rings is 1. The van der Waals surface area contributed by atoms with Gasteiger partial charge in [0.25, 0.3) is 0 Å². The highest BCUT2D eigenvalue weighted by Crippen LogP contribution is 2.37. The van der Waals surface area contributed by atoms with E-state index in [0.717, 1.165) is 3.58 Å². The minimum Gasteiger partial charge on any atom is -0.388 e. The van der Waals surface area contributed by atoms with E-state index in [4.69, 9.17) is 5.73 Å². The first-order valence-corrected chi connectivity index (χ1v) is 6.34. The maximum absolute atomic E-state index is 10.00. The van der Waals surface area contributed by atoms with Crippen LogP contribution in [0.4, 0.5) is 5.82 Å². The molecule has 0 unspecified atom stereocenters. The Balaban J connectivity index is 2.16. The topological polar surface area (TPSA) is 110 Å². The second-order valence-electron chi connectivity index (χ2n) is 4.06. The van der Waals surface area contributed by atoms with Crippen molar-refractivity contribution in [1.29, 1.82) is 0 Å². The largest absolute Gasteiger partial charge is 0.388 e. The fourth-order valence-corrected chi connectivity index (χ4v) is 3.12. The fraction of sp³-hybridized carbons (Fsp3) is 0.300. The van der Waals surface area contributed by atoms with Crippen LogP contribution in [0, 0.1) is 0 Å². The molecule has 0 radical (unpaired) electrons. The summed E-state index contributed by atoms with van der Waals surface area (Å²) in [7, 11) is 0. The molecule has 0 fully saturated rings. The molecule has 1 aliphatic rings. The molecule has 7 nitrogen and oxygen atoms in total. The Morgan fingerprint density at radius 3 is 2.72 bits per heavy atom. The number of hydrogen-bond acceptors (Lipinski definition) is 6. The zero-order valence-corrected chi connectivity index (χ0v) is 11.3. The van der Waals surface area contributed by atoms with Crippen LogP contribution in [0.25, 0.3) is 11.2 Å². The zero-order chi connectivity index (χ0) is 12.9. The molecule has 0 saturated carbocycles. The van der Waals surface area contributed by atoms with Crippen LogP contribution < -0.4 is 5.73 Å². The molecule has 0 bridgehead atoms. The number of nitrogens with two attached hydrogens (primary N) is 1. The number of nitrogens with zero attached hydrogens (tertiary/aromatic N) is 4. The molecule has 18 heavy (non-hydrogen) atoms. The van der Waals surface area contributed by atoms with Crippen LogP contribution in [0.2, 0.25) is 0 Å². The number of anilines is 1. The van der Waals surface area contributed by atoms with Gasteiger partial charge in [-0.05, 0) is 28.7 Å². The summed E-state index contributed by atoms with van der Waals surface area (Å²) in [5.74, 6) is 0.297. The molecule has 3 atom stereocenters. The average molecular weight is 359 g/mol. The lowest BCUT2D eigenvalue weighted by molar-refractivity contribution is 0.0373. The summed E-state index contributed by atoms with van der Waals surface area (Å²) in [4.78, 5) is 12.1. The summed E-state index contributed by atoms with van der Waals surface area (Å²) < 4.78 is 2.54. The number of hydrogen-bond donors (Lipinski definition) is 3. The van der Waals surface area contributed by atoms with Crippen molar-refractivity contribution in [3.63, 3.8) is 0 Å². The Kier molecular flexibility index (Phi) is 2.72. The van der Waals surface area contributed by atoms with E-state index in [1.165, 1.54) is 6.33 Å². The molecule has 0 aliphatic heterocycles. The molecular formula is C10H10IN5O2. The van der Waals surface area contributed by atoms with Crippen molar-refractivity contribution in [1.82, 2.24) is 19.5 Å². The Labute approximate surface area is 116 Å². The van der Waals surface area contributed by atoms with Gasteiger partial charge in [-0.25, -0.2) is 15.0 Å². The van der Waals surface area contributed by atoms with Crippen LogP contribution in [0.15, 0.2) is 22.3 Å². The van der Waals surface area contributed by atoms with Gasteiger partial charge in [-0.3, -0.25) is 0 Å². The normalized spacial score (nSPS) is 27.7. The van der Waals surface area contributed by atoms with Crippen molar-refractivity contribution < 1.29 is 10.2 Å². The summed E-state index contributed by atoms with van der Waals surface area (Å²) in [5.41, 5.74) is 6.75. The maximum Gasteiger partial charge on any atom is 0.166 e. The van der Waals surface area contributed by atoms with Gasteiger partial charge in [-0.15, -0.1) is 0 Å². The van der Waals surface area contributed by atoms with Crippen molar-refractivity contribution in [2.45, 2.75) is 18.2 Å². The van der Waals surface area contributed by atoms with E-state index in [-0.39, 0.29) is 6.04 Å². The number of halogens is 1. The first-order chi connectivity index (χ1) is 8.59. The highest BCUT2D eigenvalue weighted by molar-refractivity contribution is 14.1. The number of aliphatic hydroxyl groups excluding tert-OH is 2. The molecule has 0 saturated heterocycles. The predicted molar refractivity (Wildman–Crippen MR) is 72.9 cm³/mol. The van der Waals surface area contributed by atoms with E-state index in [1.54, 1.807) is 17.0 Å². The Hall–Kier alpha value is -1.26. The van der Waals surface area contributed by atoms with Crippen molar-refractivity contribution in [3.8, 4) is 0 Å². The molecule has 2 aromatic rings. The van der Waals surface area contributed by atoms with E-state index in [2.05, 4.69) is 37.5 Å². The molecule has 8 heteroatoms. The summed E-state index contributed by atoms with van der Waals surface area (Å²) >= 11 is 2.08. The van der Waals surface area contributed by atoms with Crippen molar-refractivity contribution in [3.05, 3.63) is 22.3 Å². The van der Waals surface area contributed by atoms with Gasteiger partial charge in [0, 0.05) is 3.58 Å². The quantitative estimate of drug-likeness (QED) is 0.619. The Morgan fingerprint density at radius 1 is 1.28 bits per heavy atom. The SMILES string of the molecule is Nc1ncnc2c1ncn2[C@@H]1C(I)=C[C@@H](O)[C@H]1O. The average Bonchev–Trinajstić information content (AvgIpc) is 2.84. The summed E-state index contributed by atoms with van der Waals surface area (Å²) in [5, 5.41) is 19.6. The van der Waals surface area contributed by atoms with Crippen LogP contribution >= 0.6 is 22.6 Å². The molecule has 0 aromatic carbocycles. The Bertz CT molecular complexity index is 640. The van der Waals surface area contributed by atoms with Crippen LogP contribution in [-0.2, 0) is 0 Å². The third-order valence-corrected chi connectivity index (χ3v) is 3.97. The third kappa shape index (κ3) is 1.60. The minimum absolute atomic E-state index is 0.297. The lowest BCUT2D eigenvalue weighted by Gasteiger charge is -2.19. The standard InChI is InChI=1S/C10H10IN5O2/c11-4-1-5(17)8(18)7(4)16-3-15-6-9(12)13-2-14-10(6)16/h1-3,5,7-8,17-18H,(H2,12,13,14)/t5-,7-,8-/m1/s1. The number of rotatable bonds is 1. The van der Waals surface area contributed by atoms with Gasteiger partial charge < -0.3 is 20.5 Å². The predicted octanol–water partition coefficient (Wildman–Crippen LogP) is 0.00390. The lowest BCUT2D eigenvalue weighted by Crippen LogP contribution is -2.28. The van der Waals surface area contributed by atoms with Crippen LogP contribution in [0.5, 0.6) is 0 Å². The molecule has 0 spiro atoms. The van der Waals surface area contributed by atoms with Gasteiger partial charge in [0.15, 0.2) is 11.5 Å². The van der Waals surface area contributed by atoms with E-state index in [1.807, 2.05) is 0 Å². The maximum atomic E-state index is 10.00. The number of aliphatic hydroxyl groups is 2. The summed E-state index contributed by atoms with van der Waals surface area (Å²) in [6.07, 6.45) is 2.73. The lowest BCUT2D eigenvalue weighted by atomic mass is 10.2. The monoisotopic (exact) mass is 359 g/mol. The van der Waals surface area contributed by atoms with E-state index < -0.39 is 12.2 Å². The Morgan fingerprint density at radius 2 is 2.06 bits per heavy atom. The second kappa shape index (κ2) is 4.14. The number of fused-ring (bicyclic) bond motifs is 1. The minimum atomic E-state index is -0.912. The smallest absolute Gasteiger partial charge is 0.166 e. The molecule has 1 aliphatic carbocycles. The summed E-state index contributed by atoms with van der Waals surface area (Å²) in [6.45, 7) is 0. The van der Waals surface area contributed by atoms with Gasteiger partial charge in [0.1, 0.15) is 24.1 Å². The van der Waals surface area contributed by atoms with Crippen LogP contribution in [0.1, 0.15) is 6.04 Å². The molecule has 0 amide bonds. The molecule has 2 aromatic heterocycles. The summed E-state index contributed by atoms with van der Waals surface area (Å²) in [6, 6.07) is -0.389. The van der Waals surface area contributed by atoms with Crippen molar-refractivity contribution in [2.24, 2.45) is 0 Å².